The number of pyridine rings is 1. The van der Waals surface area contributed by atoms with Crippen LogP contribution in [0.5, 0.6) is 0 Å². The van der Waals surface area contributed by atoms with Gasteiger partial charge in [0.2, 0.25) is 0 Å². The summed E-state index contributed by atoms with van der Waals surface area (Å²) in [6.07, 6.45) is 1.53. The second-order valence-electron chi connectivity index (χ2n) is 8.00. The number of aromatic nitrogens is 3. The van der Waals surface area contributed by atoms with Gasteiger partial charge in [-0.15, -0.1) is 0 Å². The molecule has 1 aliphatic rings. The Labute approximate surface area is 195 Å². The molecule has 3 heterocycles. The molecule has 0 radical (unpaired) electrons. The fourth-order valence-corrected chi connectivity index (χ4v) is 3.48. The van der Waals surface area contributed by atoms with Crippen LogP contribution in [0.4, 0.5) is 11.6 Å². The number of hydrogen-bond acceptors (Lipinski definition) is 7. The average molecular weight is 463 g/mol. The zero-order valence-electron chi connectivity index (χ0n) is 18.6. The molecule has 0 saturated carbocycles. The minimum absolute atomic E-state index is 0.174. The number of piperazine rings is 1. The third-order valence-corrected chi connectivity index (χ3v) is 5.56. The van der Waals surface area contributed by atoms with Gasteiger partial charge in [0.05, 0.1) is 11.1 Å². The lowest BCUT2D eigenvalue weighted by atomic mass is 10.1. The highest BCUT2D eigenvalue weighted by atomic mass is 16.4. The van der Waals surface area contributed by atoms with Crippen LogP contribution in [0.25, 0.3) is 0 Å². The van der Waals surface area contributed by atoms with Crippen molar-refractivity contribution in [2.24, 2.45) is 0 Å². The Morgan fingerprint density at radius 2 is 1.71 bits per heavy atom. The van der Waals surface area contributed by atoms with Gasteiger partial charge in [-0.1, -0.05) is 12.1 Å². The van der Waals surface area contributed by atoms with Gasteiger partial charge >= 0.3 is 5.97 Å². The van der Waals surface area contributed by atoms with Gasteiger partial charge in [0.25, 0.3) is 11.8 Å². The molecule has 176 valence electrons. The number of likely N-dealkylation sites (N-methyl/N-ethyl adjacent to an activating group) is 1. The highest BCUT2D eigenvalue weighted by Gasteiger charge is 2.17. The molecule has 0 aliphatic carbocycles. The number of nitrogens with one attached hydrogen (secondary N) is 3. The molecule has 0 spiro atoms. The van der Waals surface area contributed by atoms with Crippen LogP contribution in [-0.2, 0) is 6.54 Å². The van der Waals surface area contributed by atoms with E-state index in [1.807, 2.05) is 6.07 Å². The van der Waals surface area contributed by atoms with E-state index in [9.17, 15) is 14.4 Å². The molecule has 0 unspecified atom stereocenters. The van der Waals surface area contributed by atoms with Crippen LogP contribution < -0.4 is 15.5 Å². The molecular formula is C23H25N7O4. The molecule has 2 amide bonds. The van der Waals surface area contributed by atoms with Crippen LogP contribution in [0, 0.1) is 0 Å². The number of amides is 2. The maximum Gasteiger partial charge on any atom is 0.335 e. The number of carbonyl (C=O) groups excluding carboxylic acids is 2. The molecule has 34 heavy (non-hydrogen) atoms. The van der Waals surface area contributed by atoms with E-state index in [1.54, 1.807) is 18.2 Å². The molecule has 4 rings (SSSR count). The van der Waals surface area contributed by atoms with E-state index in [0.29, 0.717) is 5.56 Å². The van der Waals surface area contributed by atoms with E-state index in [0.717, 1.165) is 37.6 Å². The number of H-pyrrole nitrogens is 1. The lowest BCUT2D eigenvalue weighted by Gasteiger charge is -2.33. The highest BCUT2D eigenvalue weighted by molar-refractivity contribution is 6.04. The second kappa shape index (κ2) is 10.1. The molecule has 1 aliphatic heterocycles. The molecule has 4 N–H and O–H groups in total. The van der Waals surface area contributed by atoms with Gasteiger partial charge in [0, 0.05) is 45.0 Å². The number of nitrogens with zero attached hydrogens (tertiary/aromatic N) is 4. The molecule has 0 bridgehead atoms. The van der Waals surface area contributed by atoms with Crippen LogP contribution in [0.15, 0.2) is 48.7 Å². The van der Waals surface area contributed by atoms with E-state index >= 15 is 0 Å². The van der Waals surface area contributed by atoms with Gasteiger partial charge in [-0.25, -0.2) is 9.78 Å². The van der Waals surface area contributed by atoms with Gasteiger partial charge in [0.15, 0.2) is 5.82 Å². The smallest absolute Gasteiger partial charge is 0.335 e. The summed E-state index contributed by atoms with van der Waals surface area (Å²) in [5.74, 6) is -0.752. The zero-order chi connectivity index (χ0) is 24.1. The van der Waals surface area contributed by atoms with Crippen LogP contribution in [-0.4, -0.2) is 76.2 Å². The molecule has 3 aromatic rings. The van der Waals surface area contributed by atoms with Gasteiger partial charge in [-0.2, -0.15) is 5.10 Å². The van der Waals surface area contributed by atoms with Crippen molar-refractivity contribution in [1.29, 1.82) is 0 Å². The first kappa shape index (κ1) is 22.9. The maximum absolute atomic E-state index is 12.5. The minimum atomic E-state index is -1.01. The summed E-state index contributed by atoms with van der Waals surface area (Å²) in [6, 6.07) is 11.2. The Kier molecular flexibility index (Phi) is 6.83. The minimum Gasteiger partial charge on any atom is -0.478 e. The third-order valence-electron chi connectivity index (χ3n) is 5.56. The summed E-state index contributed by atoms with van der Waals surface area (Å²) >= 11 is 0. The first-order chi connectivity index (χ1) is 16.4. The van der Waals surface area contributed by atoms with E-state index in [1.165, 1.54) is 24.4 Å². The molecular weight excluding hydrogens is 438 g/mol. The van der Waals surface area contributed by atoms with Crippen LogP contribution in [0.2, 0.25) is 0 Å². The van der Waals surface area contributed by atoms with Gasteiger partial charge in [-0.05, 0) is 36.9 Å². The Balaban J connectivity index is 1.30. The normalized spacial score (nSPS) is 14.0. The van der Waals surface area contributed by atoms with Crippen LogP contribution >= 0.6 is 0 Å². The summed E-state index contributed by atoms with van der Waals surface area (Å²) in [7, 11) is 2.09. The predicted octanol–water partition coefficient (Wildman–Crippen LogP) is 1.44. The standard InChI is InChI=1S/C23H25N7O4/c1-29-8-10-30(11-9-29)20-7-6-17(14-24-20)21(31)26-19-12-18(27-28-19)22(32)25-13-15-2-4-16(5-3-15)23(33)34/h2-7,12,14H,8-11,13H2,1H3,(H,25,32)(H,33,34)(H2,26,27,28,31). The Hall–Kier alpha value is -4.25. The van der Waals surface area contributed by atoms with E-state index in [4.69, 9.17) is 5.11 Å². The van der Waals surface area contributed by atoms with Gasteiger partial charge in [0.1, 0.15) is 11.5 Å². The molecule has 0 atom stereocenters. The lowest BCUT2D eigenvalue weighted by molar-refractivity contribution is 0.0696. The average Bonchev–Trinajstić information content (AvgIpc) is 3.32. The Morgan fingerprint density at radius 3 is 2.35 bits per heavy atom. The number of aromatic amines is 1. The van der Waals surface area contributed by atoms with Crippen LogP contribution in [0.1, 0.15) is 36.8 Å². The van der Waals surface area contributed by atoms with Gasteiger partial charge < -0.3 is 25.5 Å². The van der Waals surface area contributed by atoms with Crippen molar-refractivity contribution in [1.82, 2.24) is 25.4 Å². The quantitative estimate of drug-likeness (QED) is 0.412. The van der Waals surface area contributed by atoms with E-state index in [2.05, 4.69) is 42.7 Å². The number of aromatic carboxylic acids is 1. The number of rotatable bonds is 7. The monoisotopic (exact) mass is 463 g/mol. The van der Waals surface area contributed by atoms with Crippen molar-refractivity contribution in [3.8, 4) is 0 Å². The maximum atomic E-state index is 12.5. The topological polar surface area (TPSA) is 144 Å². The van der Waals surface area contributed by atoms with Crippen LogP contribution in [0.3, 0.4) is 0 Å². The summed E-state index contributed by atoms with van der Waals surface area (Å²) in [5.41, 5.74) is 1.49. The van der Waals surface area contributed by atoms with Crippen molar-refractivity contribution < 1.29 is 19.5 Å². The first-order valence-electron chi connectivity index (χ1n) is 10.8. The van der Waals surface area contributed by atoms with Crippen molar-refractivity contribution in [3.63, 3.8) is 0 Å². The number of benzene rings is 1. The predicted molar refractivity (Wildman–Crippen MR) is 125 cm³/mol. The van der Waals surface area contributed by atoms with E-state index < -0.39 is 11.9 Å². The number of anilines is 2. The summed E-state index contributed by atoms with van der Waals surface area (Å²) in [5, 5.41) is 20.9. The molecule has 11 heteroatoms. The van der Waals surface area contributed by atoms with Crippen molar-refractivity contribution >= 4 is 29.4 Å². The fraction of sp³-hybridized carbons (Fsp3) is 0.261. The Bertz CT molecular complexity index is 1170. The van der Waals surface area contributed by atoms with Gasteiger partial charge in [-0.3, -0.25) is 14.7 Å². The summed E-state index contributed by atoms with van der Waals surface area (Å²) < 4.78 is 0. The third kappa shape index (κ3) is 5.56. The molecule has 1 saturated heterocycles. The molecule has 1 fully saturated rings. The van der Waals surface area contributed by atoms with Crippen molar-refractivity contribution in [3.05, 3.63) is 71.0 Å². The van der Waals surface area contributed by atoms with Crippen molar-refractivity contribution in [2.45, 2.75) is 6.54 Å². The highest BCUT2D eigenvalue weighted by Crippen LogP contribution is 2.15. The SMILES string of the molecule is CN1CCN(c2ccc(C(=O)Nc3cc(C(=O)NCc4ccc(C(=O)O)cc4)[nH]n3)cn2)CC1. The molecule has 1 aromatic carbocycles. The van der Waals surface area contributed by atoms with E-state index in [-0.39, 0.29) is 29.5 Å². The number of hydrogen-bond donors (Lipinski definition) is 4. The second-order valence-corrected chi connectivity index (χ2v) is 8.00. The first-order valence-corrected chi connectivity index (χ1v) is 10.8. The number of carboxylic acid groups (broad SMARTS) is 1. The number of carbonyl (C=O) groups is 3. The summed E-state index contributed by atoms with van der Waals surface area (Å²) in [4.78, 5) is 44.7. The Morgan fingerprint density at radius 1 is 1.00 bits per heavy atom. The lowest BCUT2D eigenvalue weighted by Crippen LogP contribution is -2.44. The zero-order valence-corrected chi connectivity index (χ0v) is 18.6. The molecule has 11 nitrogen and oxygen atoms in total. The van der Waals surface area contributed by atoms with Crippen molar-refractivity contribution in [2.75, 3.05) is 43.4 Å². The number of carboxylic acids is 1. The fourth-order valence-electron chi connectivity index (χ4n) is 3.48. The molecule has 2 aromatic heterocycles. The summed E-state index contributed by atoms with van der Waals surface area (Å²) in [6.45, 7) is 3.93. The largest absolute Gasteiger partial charge is 0.478 e.